The third-order valence-corrected chi connectivity index (χ3v) is 9.28. The first-order valence-electron chi connectivity index (χ1n) is 10.3. The largest absolute Gasteiger partial charge is 0.344 e. The molecule has 6 nitrogen and oxygen atoms in total. The number of fused-ring (bicyclic) bond motifs is 1. The van der Waals surface area contributed by atoms with Gasteiger partial charge in [0.2, 0.25) is 0 Å². The van der Waals surface area contributed by atoms with Gasteiger partial charge in [-0.05, 0) is 50.1 Å². The van der Waals surface area contributed by atoms with Crippen LogP contribution >= 0.6 is 11.3 Å². The van der Waals surface area contributed by atoms with Crippen LogP contribution in [0.4, 0.5) is 9.52 Å². The molecule has 1 aliphatic heterocycles. The summed E-state index contributed by atoms with van der Waals surface area (Å²) < 4.78 is 39.9. The number of benzene rings is 2. The number of hydrogen-bond acceptors (Lipinski definition) is 6. The Bertz CT molecular complexity index is 1270. The van der Waals surface area contributed by atoms with Crippen LogP contribution in [0.5, 0.6) is 0 Å². The molecule has 0 unspecified atom stereocenters. The highest BCUT2D eigenvalue weighted by molar-refractivity contribution is 7.92. The van der Waals surface area contributed by atoms with Crippen molar-refractivity contribution in [3.8, 4) is 0 Å². The smallest absolute Gasteiger partial charge is 0.255 e. The highest BCUT2D eigenvalue weighted by Gasteiger charge is 2.40. The summed E-state index contributed by atoms with van der Waals surface area (Å²) in [5, 5.41) is 0.441. The van der Waals surface area contributed by atoms with Crippen molar-refractivity contribution in [3.63, 3.8) is 0 Å². The number of carbonyl (C=O) groups excluding carboxylic acids is 1. The average Bonchev–Trinajstić information content (AvgIpc) is 3.54. The van der Waals surface area contributed by atoms with Gasteiger partial charge in [0.1, 0.15) is 5.82 Å². The fourth-order valence-corrected chi connectivity index (χ4v) is 6.93. The van der Waals surface area contributed by atoms with E-state index >= 15 is 0 Å². The second kappa shape index (κ2) is 7.56. The van der Waals surface area contributed by atoms with Crippen LogP contribution in [0, 0.1) is 5.82 Å². The van der Waals surface area contributed by atoms with Gasteiger partial charge < -0.3 is 9.80 Å². The van der Waals surface area contributed by atoms with E-state index in [-0.39, 0.29) is 33.5 Å². The second-order valence-corrected chi connectivity index (χ2v) is 11.3. The van der Waals surface area contributed by atoms with Gasteiger partial charge in [-0.2, -0.15) is 0 Å². The lowest BCUT2D eigenvalue weighted by Gasteiger charge is -2.40. The van der Waals surface area contributed by atoms with Crippen molar-refractivity contribution >= 4 is 42.4 Å². The van der Waals surface area contributed by atoms with Gasteiger partial charge in [0.15, 0.2) is 15.0 Å². The minimum Gasteiger partial charge on any atom is -0.344 e. The predicted molar refractivity (Wildman–Crippen MR) is 119 cm³/mol. The Labute approximate surface area is 184 Å². The summed E-state index contributed by atoms with van der Waals surface area (Å²) in [4.78, 5) is 21.9. The summed E-state index contributed by atoms with van der Waals surface area (Å²) in [6.45, 7) is 3.57. The maximum atomic E-state index is 13.5. The van der Waals surface area contributed by atoms with E-state index in [1.54, 1.807) is 35.2 Å². The first kappa shape index (κ1) is 20.4. The van der Waals surface area contributed by atoms with E-state index in [1.807, 2.05) is 6.92 Å². The zero-order chi connectivity index (χ0) is 21.8. The number of nitrogens with zero attached hydrogens (tertiary/aromatic N) is 3. The fourth-order valence-electron chi connectivity index (χ4n) is 4.06. The molecule has 1 atom stereocenters. The Morgan fingerprint density at radius 3 is 2.68 bits per heavy atom. The third-order valence-electron chi connectivity index (χ3n) is 5.89. The topological polar surface area (TPSA) is 70.6 Å². The van der Waals surface area contributed by atoms with E-state index in [0.29, 0.717) is 32.5 Å². The van der Waals surface area contributed by atoms with Crippen LogP contribution in [0.1, 0.15) is 30.1 Å². The first-order chi connectivity index (χ1) is 14.8. The van der Waals surface area contributed by atoms with Crippen LogP contribution in [-0.2, 0) is 9.84 Å². The average molecular weight is 460 g/mol. The van der Waals surface area contributed by atoms with Crippen molar-refractivity contribution in [2.75, 3.05) is 24.5 Å². The molecule has 2 fully saturated rings. The number of carbonyl (C=O) groups is 1. The molecule has 3 aromatic rings. The predicted octanol–water partition coefficient (Wildman–Crippen LogP) is 3.72. The molecule has 2 heterocycles. The molecule has 1 saturated carbocycles. The number of aromatic nitrogens is 1. The molecule has 0 spiro atoms. The molecule has 2 aliphatic rings. The van der Waals surface area contributed by atoms with Crippen molar-refractivity contribution in [1.29, 1.82) is 0 Å². The van der Waals surface area contributed by atoms with Gasteiger partial charge in [-0.3, -0.25) is 4.79 Å². The van der Waals surface area contributed by atoms with Gasteiger partial charge in [0.25, 0.3) is 5.91 Å². The first-order valence-corrected chi connectivity index (χ1v) is 12.7. The number of halogens is 1. The molecule has 1 aliphatic carbocycles. The normalized spacial score (nSPS) is 19.7. The lowest BCUT2D eigenvalue weighted by atomic mass is 10.1. The van der Waals surface area contributed by atoms with Crippen molar-refractivity contribution < 1.29 is 17.6 Å². The minimum atomic E-state index is -3.47. The van der Waals surface area contributed by atoms with Crippen LogP contribution in [-0.4, -0.2) is 55.1 Å². The molecule has 0 bridgehead atoms. The van der Waals surface area contributed by atoms with Crippen LogP contribution in [0.25, 0.3) is 10.2 Å². The molecule has 31 heavy (non-hydrogen) atoms. The minimum absolute atomic E-state index is 0.123. The van der Waals surface area contributed by atoms with Gasteiger partial charge in [0, 0.05) is 25.7 Å². The summed E-state index contributed by atoms with van der Waals surface area (Å²) in [6, 6.07) is 11.0. The fraction of sp³-hybridized carbons (Fsp3) is 0.364. The Balaban J connectivity index is 1.37. The van der Waals surface area contributed by atoms with Gasteiger partial charge in [-0.1, -0.05) is 23.5 Å². The lowest BCUT2D eigenvalue weighted by Crippen LogP contribution is -2.54. The standard InChI is InChI=1S/C22H22FN3O3S2/c1-14-13-25(22-24-18-9-6-15(23)12-19(18)30-22)10-11-26(14)21(27)17-4-2-3-5-20(17)31(28,29)16-7-8-16/h2-6,9,12,14,16H,7-8,10-11,13H2,1H3/t14-/m0/s1. The van der Waals surface area contributed by atoms with Crippen molar-refractivity contribution in [1.82, 2.24) is 9.88 Å². The maximum absolute atomic E-state index is 13.5. The van der Waals surface area contributed by atoms with Crippen molar-refractivity contribution in [3.05, 3.63) is 53.8 Å². The number of thiazole rings is 1. The molecule has 162 valence electrons. The molecule has 1 aromatic heterocycles. The second-order valence-electron chi connectivity index (χ2n) is 8.14. The van der Waals surface area contributed by atoms with E-state index in [2.05, 4.69) is 9.88 Å². The highest BCUT2D eigenvalue weighted by Crippen LogP contribution is 2.36. The summed E-state index contributed by atoms with van der Waals surface area (Å²) in [6.07, 6.45) is 1.32. The van der Waals surface area contributed by atoms with Crippen molar-refractivity contribution in [2.45, 2.75) is 36.0 Å². The maximum Gasteiger partial charge on any atom is 0.255 e. The molecular weight excluding hydrogens is 437 g/mol. The SMILES string of the molecule is C[C@H]1CN(c2nc3ccc(F)cc3s2)CCN1C(=O)c1ccccc1S(=O)(=O)C1CC1. The van der Waals surface area contributed by atoms with E-state index < -0.39 is 9.84 Å². The molecule has 0 radical (unpaired) electrons. The number of piperazine rings is 1. The van der Waals surface area contributed by atoms with E-state index in [4.69, 9.17) is 0 Å². The quantitative estimate of drug-likeness (QED) is 0.595. The zero-order valence-electron chi connectivity index (χ0n) is 17.0. The van der Waals surface area contributed by atoms with Gasteiger partial charge in [-0.15, -0.1) is 0 Å². The van der Waals surface area contributed by atoms with Crippen LogP contribution in [0.15, 0.2) is 47.4 Å². The Hall–Kier alpha value is -2.52. The Kier molecular flexibility index (Phi) is 4.97. The van der Waals surface area contributed by atoms with Crippen molar-refractivity contribution in [2.24, 2.45) is 0 Å². The molecule has 5 rings (SSSR count). The monoisotopic (exact) mass is 459 g/mol. The number of hydrogen-bond donors (Lipinski definition) is 0. The summed E-state index contributed by atoms with van der Waals surface area (Å²) in [5.74, 6) is -0.537. The van der Waals surface area contributed by atoms with Gasteiger partial charge in [0.05, 0.1) is 25.9 Å². The van der Waals surface area contributed by atoms with Gasteiger partial charge in [-0.25, -0.2) is 17.8 Å². The van der Waals surface area contributed by atoms with Crippen LogP contribution < -0.4 is 4.90 Å². The summed E-state index contributed by atoms with van der Waals surface area (Å²) >= 11 is 1.43. The van der Waals surface area contributed by atoms with Crippen LogP contribution in [0.2, 0.25) is 0 Å². The third kappa shape index (κ3) is 3.70. The van der Waals surface area contributed by atoms with E-state index in [9.17, 15) is 17.6 Å². The Morgan fingerprint density at radius 2 is 1.94 bits per heavy atom. The lowest BCUT2D eigenvalue weighted by molar-refractivity contribution is 0.0670. The van der Waals surface area contributed by atoms with E-state index in [0.717, 1.165) is 15.3 Å². The molecular formula is C22H22FN3O3S2. The van der Waals surface area contributed by atoms with Gasteiger partial charge >= 0.3 is 0 Å². The zero-order valence-corrected chi connectivity index (χ0v) is 18.6. The number of anilines is 1. The molecule has 9 heteroatoms. The number of rotatable bonds is 4. The number of sulfone groups is 1. The molecule has 2 aromatic carbocycles. The molecule has 1 saturated heterocycles. The number of amides is 1. The summed E-state index contributed by atoms with van der Waals surface area (Å²) in [7, 11) is -3.47. The highest BCUT2D eigenvalue weighted by atomic mass is 32.2. The van der Waals surface area contributed by atoms with E-state index in [1.165, 1.54) is 23.5 Å². The Morgan fingerprint density at radius 1 is 1.16 bits per heavy atom. The summed E-state index contributed by atoms with van der Waals surface area (Å²) in [5.41, 5.74) is 1.01. The molecule has 0 N–H and O–H groups in total. The van der Waals surface area contributed by atoms with Crippen LogP contribution in [0.3, 0.4) is 0 Å². The molecule has 1 amide bonds.